The molecule has 0 aliphatic carbocycles. The van der Waals surface area contributed by atoms with Gasteiger partial charge in [-0.2, -0.15) is 0 Å². The molecule has 0 aliphatic rings. The van der Waals surface area contributed by atoms with E-state index < -0.39 is 0 Å². The van der Waals surface area contributed by atoms with Gasteiger partial charge in [0.05, 0.1) is 0 Å². The third-order valence-corrected chi connectivity index (χ3v) is 1.08. The van der Waals surface area contributed by atoms with Crippen LogP contribution in [0.3, 0.4) is 0 Å². The average Bonchev–Trinajstić information content (AvgIpc) is 1.82. The first-order chi connectivity index (χ1) is 4.18. The third-order valence-electron chi connectivity index (χ3n) is 1.08. The van der Waals surface area contributed by atoms with Gasteiger partial charge < -0.3 is 5.73 Å². The van der Waals surface area contributed by atoms with Gasteiger partial charge in [-0.05, 0) is 25.5 Å². The van der Waals surface area contributed by atoms with Crippen LogP contribution in [-0.4, -0.2) is 12.3 Å². The van der Waals surface area contributed by atoms with Gasteiger partial charge >= 0.3 is 0 Å². The fourth-order valence-corrected chi connectivity index (χ4v) is 0.476. The first-order valence-electron chi connectivity index (χ1n) is 3.07. The van der Waals surface area contributed by atoms with Crippen LogP contribution in [0.1, 0.15) is 19.8 Å². The maximum atomic E-state index is 10.7. The van der Waals surface area contributed by atoms with Crippen LogP contribution in [0.4, 0.5) is 0 Å². The normalized spacial score (nSPS) is 9.11. The molecule has 0 spiro atoms. The minimum Gasteiger partial charge on any atom is -0.330 e. The van der Waals surface area contributed by atoms with Crippen LogP contribution < -0.4 is 5.73 Å². The quantitative estimate of drug-likeness (QED) is 0.569. The van der Waals surface area contributed by atoms with Crippen molar-refractivity contribution in [1.82, 2.24) is 0 Å². The molecule has 0 amide bonds. The third kappa shape index (κ3) is 3.91. The molecule has 0 aliphatic heterocycles. The number of rotatable bonds is 4. The summed E-state index contributed by atoms with van der Waals surface area (Å²) in [6.45, 7) is 5.82. The summed E-state index contributed by atoms with van der Waals surface area (Å²) in [5.41, 5.74) is 5.82. The standard InChI is InChI=1S/C7H13NO/c1-6(2)7(9)4-3-5-8/h1,3-5,8H2,2H3. The maximum Gasteiger partial charge on any atom is 0.158 e. The summed E-state index contributed by atoms with van der Waals surface area (Å²) in [5, 5.41) is 0. The summed E-state index contributed by atoms with van der Waals surface area (Å²) in [6, 6.07) is 0. The number of nitrogens with two attached hydrogens (primary N) is 1. The van der Waals surface area contributed by atoms with Crippen molar-refractivity contribution < 1.29 is 4.79 Å². The lowest BCUT2D eigenvalue weighted by Crippen LogP contribution is -2.04. The molecule has 52 valence electrons. The summed E-state index contributed by atoms with van der Waals surface area (Å²) in [5.74, 6) is 0.125. The van der Waals surface area contributed by atoms with Crippen molar-refractivity contribution in [3.8, 4) is 0 Å². The Bertz CT molecular complexity index is 118. The van der Waals surface area contributed by atoms with Crippen LogP contribution in [-0.2, 0) is 4.79 Å². The smallest absolute Gasteiger partial charge is 0.158 e. The number of carbonyl (C=O) groups is 1. The Morgan fingerprint density at radius 3 is 2.56 bits per heavy atom. The Kier molecular flexibility index (Phi) is 3.97. The van der Waals surface area contributed by atoms with Gasteiger partial charge in [-0.3, -0.25) is 4.79 Å². The first kappa shape index (κ1) is 8.37. The lowest BCUT2D eigenvalue weighted by atomic mass is 10.1. The highest BCUT2D eigenvalue weighted by Gasteiger charge is 1.98. The van der Waals surface area contributed by atoms with Crippen molar-refractivity contribution in [2.45, 2.75) is 19.8 Å². The number of hydrogen-bond donors (Lipinski definition) is 1. The summed E-state index contributed by atoms with van der Waals surface area (Å²) >= 11 is 0. The van der Waals surface area contributed by atoms with E-state index in [0.29, 0.717) is 18.5 Å². The van der Waals surface area contributed by atoms with Crippen LogP contribution in [0.25, 0.3) is 0 Å². The summed E-state index contributed by atoms with van der Waals surface area (Å²) in [7, 11) is 0. The monoisotopic (exact) mass is 127 g/mol. The fraction of sp³-hybridized carbons (Fsp3) is 0.571. The molecule has 0 saturated heterocycles. The molecule has 0 fully saturated rings. The minimum atomic E-state index is 0.125. The summed E-state index contributed by atoms with van der Waals surface area (Å²) in [6.07, 6.45) is 1.32. The Morgan fingerprint density at radius 2 is 2.22 bits per heavy atom. The van der Waals surface area contributed by atoms with Crippen molar-refractivity contribution in [1.29, 1.82) is 0 Å². The average molecular weight is 127 g/mol. The van der Waals surface area contributed by atoms with E-state index >= 15 is 0 Å². The van der Waals surface area contributed by atoms with Gasteiger partial charge in [-0.25, -0.2) is 0 Å². The molecule has 2 nitrogen and oxygen atoms in total. The van der Waals surface area contributed by atoms with Crippen molar-refractivity contribution in [2.75, 3.05) is 6.54 Å². The van der Waals surface area contributed by atoms with Crippen molar-refractivity contribution in [3.63, 3.8) is 0 Å². The van der Waals surface area contributed by atoms with Crippen molar-refractivity contribution in [2.24, 2.45) is 5.73 Å². The largest absolute Gasteiger partial charge is 0.330 e. The zero-order valence-electron chi connectivity index (χ0n) is 5.81. The molecule has 0 heterocycles. The van der Waals surface area contributed by atoms with E-state index in [1.54, 1.807) is 6.92 Å². The first-order valence-corrected chi connectivity index (χ1v) is 3.07. The lowest BCUT2D eigenvalue weighted by Gasteiger charge is -1.94. The summed E-state index contributed by atoms with van der Waals surface area (Å²) < 4.78 is 0. The van der Waals surface area contributed by atoms with Gasteiger partial charge in [0.1, 0.15) is 0 Å². The van der Waals surface area contributed by atoms with Gasteiger partial charge in [0.25, 0.3) is 0 Å². The molecule has 0 aromatic rings. The molecule has 2 N–H and O–H groups in total. The van der Waals surface area contributed by atoms with Gasteiger partial charge in [-0.1, -0.05) is 6.58 Å². The second-order valence-corrected chi connectivity index (χ2v) is 2.10. The number of ketones is 1. The molecule has 9 heavy (non-hydrogen) atoms. The van der Waals surface area contributed by atoms with Crippen LogP contribution in [0.15, 0.2) is 12.2 Å². The number of carbonyl (C=O) groups excluding carboxylic acids is 1. The lowest BCUT2D eigenvalue weighted by molar-refractivity contribution is -0.115. The second kappa shape index (κ2) is 4.27. The Morgan fingerprint density at radius 1 is 1.67 bits per heavy atom. The predicted octanol–water partition coefficient (Wildman–Crippen LogP) is 0.871. The second-order valence-electron chi connectivity index (χ2n) is 2.10. The molecular formula is C7H13NO. The van der Waals surface area contributed by atoms with Crippen molar-refractivity contribution >= 4 is 5.78 Å². The van der Waals surface area contributed by atoms with Crippen LogP contribution in [0.5, 0.6) is 0 Å². The van der Waals surface area contributed by atoms with Gasteiger partial charge in [0.15, 0.2) is 5.78 Å². The van der Waals surface area contributed by atoms with Crippen LogP contribution in [0, 0.1) is 0 Å². The zero-order valence-corrected chi connectivity index (χ0v) is 5.81. The van der Waals surface area contributed by atoms with Gasteiger partial charge in [0, 0.05) is 6.42 Å². The maximum absolute atomic E-state index is 10.7. The van der Waals surface area contributed by atoms with Gasteiger partial charge in [0.2, 0.25) is 0 Å². The molecule has 0 bridgehead atoms. The minimum absolute atomic E-state index is 0.125. The molecule has 0 radical (unpaired) electrons. The van der Waals surface area contributed by atoms with E-state index in [2.05, 4.69) is 6.58 Å². The highest BCUT2D eigenvalue weighted by molar-refractivity contribution is 5.93. The molecule has 0 saturated carbocycles. The van der Waals surface area contributed by atoms with E-state index in [1.165, 1.54) is 0 Å². The van der Waals surface area contributed by atoms with E-state index in [9.17, 15) is 4.79 Å². The molecule has 0 atom stereocenters. The Balaban J connectivity index is 3.39. The fourth-order valence-electron chi connectivity index (χ4n) is 0.476. The SMILES string of the molecule is C=C(C)C(=O)CCCN. The topological polar surface area (TPSA) is 43.1 Å². The molecule has 0 rings (SSSR count). The molecule has 0 unspecified atom stereocenters. The highest BCUT2D eigenvalue weighted by Crippen LogP contribution is 1.96. The summed E-state index contributed by atoms with van der Waals surface area (Å²) in [4.78, 5) is 10.7. The van der Waals surface area contributed by atoms with E-state index in [1.807, 2.05) is 0 Å². The highest BCUT2D eigenvalue weighted by atomic mass is 16.1. The zero-order chi connectivity index (χ0) is 7.28. The van der Waals surface area contributed by atoms with E-state index in [-0.39, 0.29) is 5.78 Å². The number of allylic oxidation sites excluding steroid dienone is 1. The molecule has 0 aromatic carbocycles. The molecule has 0 aromatic heterocycles. The van der Waals surface area contributed by atoms with Crippen LogP contribution in [0.2, 0.25) is 0 Å². The van der Waals surface area contributed by atoms with Gasteiger partial charge in [-0.15, -0.1) is 0 Å². The Hall–Kier alpha value is -0.630. The van der Waals surface area contributed by atoms with Crippen molar-refractivity contribution in [3.05, 3.63) is 12.2 Å². The van der Waals surface area contributed by atoms with E-state index in [4.69, 9.17) is 5.73 Å². The molecule has 2 heteroatoms. The number of Topliss-reactive ketones (excluding diaryl/α,β-unsaturated/α-hetero) is 1. The van der Waals surface area contributed by atoms with Crippen LogP contribution >= 0.6 is 0 Å². The van der Waals surface area contributed by atoms with E-state index in [0.717, 1.165) is 6.42 Å². The number of hydrogen-bond acceptors (Lipinski definition) is 2. The predicted molar refractivity (Wildman–Crippen MR) is 38.1 cm³/mol. The molecular weight excluding hydrogens is 114 g/mol. The Labute approximate surface area is 55.7 Å².